The SMILES string of the molecule is c1ccc(-c2cccc(-c3cccc(-c4nc(-c5ccccc5)nc(-n5c6ccccc6c6cc7c8ccccc8n(-c8ccccc8-c8cccc(-c9ccccc9)c8)c7cc65)n4)c3)c2)cc1. The van der Waals surface area contributed by atoms with Gasteiger partial charge in [-0.05, 0) is 87.5 Å². The van der Waals surface area contributed by atoms with Crippen molar-refractivity contribution in [2.24, 2.45) is 0 Å². The summed E-state index contributed by atoms with van der Waals surface area (Å²) in [6.45, 7) is 0. The number of benzene rings is 10. The maximum Gasteiger partial charge on any atom is 0.238 e. The summed E-state index contributed by atoms with van der Waals surface area (Å²) < 4.78 is 4.66. The van der Waals surface area contributed by atoms with Crippen molar-refractivity contribution in [2.75, 3.05) is 0 Å². The molecule has 0 atom stereocenters. The lowest BCUT2D eigenvalue weighted by molar-refractivity contribution is 0.953. The van der Waals surface area contributed by atoms with Crippen LogP contribution in [0.5, 0.6) is 0 Å². The molecule has 10 aromatic carbocycles. The maximum absolute atomic E-state index is 5.40. The number of nitrogens with zero attached hydrogens (tertiary/aromatic N) is 5. The minimum Gasteiger partial charge on any atom is -0.309 e. The highest BCUT2D eigenvalue weighted by atomic mass is 15.2. The fraction of sp³-hybridized carbons (Fsp3) is 0. The summed E-state index contributed by atoms with van der Waals surface area (Å²) in [5.74, 6) is 1.76. The zero-order valence-electron chi connectivity index (χ0n) is 36.9. The first kappa shape index (κ1) is 39.2. The molecule has 0 bridgehead atoms. The van der Waals surface area contributed by atoms with Gasteiger partial charge < -0.3 is 4.57 Å². The van der Waals surface area contributed by atoms with Crippen LogP contribution in [-0.4, -0.2) is 24.1 Å². The molecule has 5 nitrogen and oxygen atoms in total. The molecule has 13 aromatic rings. The van der Waals surface area contributed by atoms with Gasteiger partial charge in [0.25, 0.3) is 0 Å². The molecular formula is C63H41N5. The van der Waals surface area contributed by atoms with Gasteiger partial charge >= 0.3 is 0 Å². The molecule has 0 aliphatic heterocycles. The van der Waals surface area contributed by atoms with E-state index in [1.807, 2.05) is 18.2 Å². The largest absolute Gasteiger partial charge is 0.309 e. The molecule has 0 aliphatic carbocycles. The molecule has 318 valence electrons. The van der Waals surface area contributed by atoms with Crippen molar-refractivity contribution in [1.82, 2.24) is 24.1 Å². The fourth-order valence-corrected chi connectivity index (χ4v) is 9.97. The molecule has 0 fully saturated rings. The average molecular weight is 868 g/mol. The summed E-state index contributed by atoms with van der Waals surface area (Å²) >= 11 is 0. The van der Waals surface area contributed by atoms with Gasteiger partial charge in [0.15, 0.2) is 11.6 Å². The normalized spacial score (nSPS) is 11.5. The van der Waals surface area contributed by atoms with Gasteiger partial charge in [0.1, 0.15) is 0 Å². The molecule has 3 heterocycles. The van der Waals surface area contributed by atoms with Crippen LogP contribution in [0.1, 0.15) is 0 Å². The monoisotopic (exact) mass is 867 g/mol. The minimum absolute atomic E-state index is 0.552. The number of hydrogen-bond acceptors (Lipinski definition) is 3. The lowest BCUT2D eigenvalue weighted by atomic mass is 9.98. The first-order valence-corrected chi connectivity index (χ1v) is 23.0. The third kappa shape index (κ3) is 6.76. The first-order chi connectivity index (χ1) is 33.7. The van der Waals surface area contributed by atoms with Crippen molar-refractivity contribution in [3.8, 4) is 78.9 Å². The van der Waals surface area contributed by atoms with Crippen LogP contribution >= 0.6 is 0 Å². The Kier molecular flexibility index (Phi) is 9.43. The zero-order chi connectivity index (χ0) is 45.0. The van der Waals surface area contributed by atoms with E-state index in [4.69, 9.17) is 15.0 Å². The quantitative estimate of drug-likeness (QED) is 0.153. The van der Waals surface area contributed by atoms with Gasteiger partial charge in [0.05, 0.1) is 27.8 Å². The second kappa shape index (κ2) is 16.4. The Labute approximate surface area is 393 Å². The number of para-hydroxylation sites is 3. The third-order valence-electron chi connectivity index (χ3n) is 13.2. The van der Waals surface area contributed by atoms with Crippen LogP contribution in [0.2, 0.25) is 0 Å². The summed E-state index contributed by atoms with van der Waals surface area (Å²) in [7, 11) is 0. The van der Waals surface area contributed by atoms with Crippen LogP contribution in [-0.2, 0) is 0 Å². The van der Waals surface area contributed by atoms with Gasteiger partial charge in [-0.3, -0.25) is 4.57 Å². The van der Waals surface area contributed by atoms with Gasteiger partial charge in [0.2, 0.25) is 5.95 Å². The van der Waals surface area contributed by atoms with E-state index in [1.54, 1.807) is 0 Å². The van der Waals surface area contributed by atoms with Crippen molar-refractivity contribution in [3.05, 3.63) is 249 Å². The molecular weight excluding hydrogens is 827 g/mol. The van der Waals surface area contributed by atoms with Crippen LogP contribution in [0.4, 0.5) is 0 Å². The molecule has 0 unspecified atom stereocenters. The van der Waals surface area contributed by atoms with Crippen LogP contribution in [0.15, 0.2) is 249 Å². The predicted octanol–water partition coefficient (Wildman–Crippen LogP) is 16.1. The Morgan fingerprint density at radius 1 is 0.235 bits per heavy atom. The van der Waals surface area contributed by atoms with Crippen molar-refractivity contribution < 1.29 is 0 Å². The summed E-state index contributed by atoms with van der Waals surface area (Å²) in [5.41, 5.74) is 16.4. The first-order valence-electron chi connectivity index (χ1n) is 23.0. The summed E-state index contributed by atoms with van der Waals surface area (Å²) in [6.07, 6.45) is 0. The Morgan fingerprint density at radius 2 is 0.647 bits per heavy atom. The summed E-state index contributed by atoms with van der Waals surface area (Å²) in [5, 5.41) is 4.63. The highest BCUT2D eigenvalue weighted by molar-refractivity contribution is 6.19. The van der Waals surface area contributed by atoms with Crippen molar-refractivity contribution >= 4 is 43.6 Å². The molecule has 68 heavy (non-hydrogen) atoms. The minimum atomic E-state index is 0.552. The van der Waals surface area contributed by atoms with Crippen LogP contribution in [0.3, 0.4) is 0 Å². The smallest absolute Gasteiger partial charge is 0.238 e. The van der Waals surface area contributed by atoms with E-state index in [1.165, 1.54) is 33.0 Å². The lowest BCUT2D eigenvalue weighted by Gasteiger charge is -2.15. The molecule has 0 saturated carbocycles. The van der Waals surface area contributed by atoms with Gasteiger partial charge in [-0.15, -0.1) is 0 Å². The van der Waals surface area contributed by atoms with E-state index in [9.17, 15) is 0 Å². The Hall–Kier alpha value is -9.19. The fourth-order valence-electron chi connectivity index (χ4n) is 9.97. The third-order valence-corrected chi connectivity index (χ3v) is 13.2. The molecule has 0 saturated heterocycles. The second-order valence-corrected chi connectivity index (χ2v) is 17.2. The number of hydrogen-bond donors (Lipinski definition) is 0. The zero-order valence-corrected chi connectivity index (χ0v) is 36.9. The van der Waals surface area contributed by atoms with Gasteiger partial charge in [-0.2, -0.15) is 9.97 Å². The van der Waals surface area contributed by atoms with E-state index in [0.717, 1.165) is 71.9 Å². The van der Waals surface area contributed by atoms with E-state index >= 15 is 0 Å². The predicted molar refractivity (Wildman–Crippen MR) is 281 cm³/mol. The molecule has 3 aromatic heterocycles. The molecule has 0 N–H and O–H groups in total. The summed E-state index contributed by atoms with van der Waals surface area (Å²) in [4.78, 5) is 15.9. The van der Waals surface area contributed by atoms with Crippen LogP contribution in [0, 0.1) is 0 Å². The molecule has 0 radical (unpaired) electrons. The van der Waals surface area contributed by atoms with E-state index in [-0.39, 0.29) is 0 Å². The van der Waals surface area contributed by atoms with E-state index in [2.05, 4.69) is 240 Å². The van der Waals surface area contributed by atoms with Gasteiger partial charge in [-0.25, -0.2) is 4.98 Å². The Bertz CT molecular complexity index is 4020. The Balaban J connectivity index is 1.03. The van der Waals surface area contributed by atoms with E-state index in [0.29, 0.717) is 17.6 Å². The molecule has 13 rings (SSSR count). The van der Waals surface area contributed by atoms with Gasteiger partial charge in [-0.1, -0.05) is 200 Å². The van der Waals surface area contributed by atoms with Crippen LogP contribution in [0.25, 0.3) is 123 Å². The number of rotatable bonds is 8. The molecule has 0 amide bonds. The molecule has 5 heteroatoms. The highest BCUT2D eigenvalue weighted by Gasteiger charge is 2.22. The molecule has 0 aliphatic rings. The highest BCUT2D eigenvalue weighted by Crippen LogP contribution is 2.42. The van der Waals surface area contributed by atoms with E-state index < -0.39 is 0 Å². The second-order valence-electron chi connectivity index (χ2n) is 17.2. The van der Waals surface area contributed by atoms with Crippen molar-refractivity contribution in [1.29, 1.82) is 0 Å². The summed E-state index contributed by atoms with van der Waals surface area (Å²) in [6, 6.07) is 88.3. The number of aromatic nitrogens is 5. The topological polar surface area (TPSA) is 48.5 Å². The standard InChI is InChI=1S/C63H41N5/c1-4-19-42(20-5-1)45-25-16-27-47(37-45)48-28-18-30-50(39-48)62-64-61(44-23-8-3-9-24-44)65-63(66-62)68-58-36-15-12-33-53(58)55-40-54-52-32-11-14-35-57(52)67(59(54)41-60(55)68)56-34-13-10-31-51(56)49-29-17-26-46(38-49)43-21-6-2-7-22-43/h1-41H. The van der Waals surface area contributed by atoms with Crippen molar-refractivity contribution in [3.63, 3.8) is 0 Å². The lowest BCUT2D eigenvalue weighted by Crippen LogP contribution is -2.06. The van der Waals surface area contributed by atoms with Crippen molar-refractivity contribution in [2.45, 2.75) is 0 Å². The van der Waals surface area contributed by atoms with Crippen LogP contribution < -0.4 is 0 Å². The average Bonchev–Trinajstić information content (AvgIpc) is 3.92. The number of fused-ring (bicyclic) bond motifs is 6. The maximum atomic E-state index is 5.40. The van der Waals surface area contributed by atoms with Gasteiger partial charge in [0, 0.05) is 38.2 Å². The molecule has 0 spiro atoms. The Morgan fingerprint density at radius 3 is 1.26 bits per heavy atom.